The summed E-state index contributed by atoms with van der Waals surface area (Å²) in [5.74, 6) is 0.222. The van der Waals surface area contributed by atoms with Crippen LogP contribution in [0.3, 0.4) is 0 Å². The van der Waals surface area contributed by atoms with Gasteiger partial charge in [-0.2, -0.15) is 5.10 Å². The van der Waals surface area contributed by atoms with Crippen LogP contribution in [0.1, 0.15) is 11.4 Å². The first-order chi connectivity index (χ1) is 11.5. The Hall–Kier alpha value is -2.81. The van der Waals surface area contributed by atoms with E-state index in [0.29, 0.717) is 5.69 Å². The lowest BCUT2D eigenvalue weighted by atomic mass is 10.3. The molecule has 0 aliphatic heterocycles. The van der Waals surface area contributed by atoms with Gasteiger partial charge in [-0.3, -0.25) is 10.1 Å². The van der Waals surface area contributed by atoms with E-state index in [-0.39, 0.29) is 17.3 Å². The average Bonchev–Trinajstić information content (AvgIpc) is 2.87. The molecule has 0 aliphatic rings. The zero-order valence-corrected chi connectivity index (χ0v) is 14.5. The van der Waals surface area contributed by atoms with Gasteiger partial charge in [-0.25, -0.2) is 14.6 Å². The number of anilines is 2. The number of rotatable bonds is 4. The first kappa shape index (κ1) is 16.1. The summed E-state index contributed by atoms with van der Waals surface area (Å²) in [6, 6.07) is 9.12. The minimum atomic E-state index is -0.509. The molecule has 0 radical (unpaired) electrons. The molecule has 24 heavy (non-hydrogen) atoms. The summed E-state index contributed by atoms with van der Waals surface area (Å²) in [6.45, 7) is 3.63. The molecule has 3 aromatic rings. The Labute approximate surface area is 145 Å². The third-order valence-electron chi connectivity index (χ3n) is 3.32. The van der Waals surface area contributed by atoms with Gasteiger partial charge in [0, 0.05) is 10.2 Å². The lowest BCUT2D eigenvalue weighted by Gasteiger charge is -2.10. The van der Waals surface area contributed by atoms with Crippen LogP contribution in [0, 0.1) is 24.0 Å². The fourth-order valence-electron chi connectivity index (χ4n) is 2.32. The maximum absolute atomic E-state index is 11.6. The Morgan fingerprint density at radius 2 is 2.00 bits per heavy atom. The van der Waals surface area contributed by atoms with Crippen molar-refractivity contribution in [2.45, 2.75) is 13.8 Å². The quantitative estimate of drug-likeness (QED) is 0.540. The van der Waals surface area contributed by atoms with Gasteiger partial charge >= 0.3 is 5.69 Å². The third kappa shape index (κ3) is 2.98. The molecule has 1 aromatic carbocycles. The monoisotopic (exact) mass is 388 g/mol. The molecule has 8 nitrogen and oxygen atoms in total. The Balaban J connectivity index is 2.14. The van der Waals surface area contributed by atoms with Gasteiger partial charge in [0.25, 0.3) is 0 Å². The van der Waals surface area contributed by atoms with Crippen molar-refractivity contribution in [2.75, 3.05) is 5.32 Å². The maximum Gasteiger partial charge on any atom is 0.355 e. The van der Waals surface area contributed by atoms with Crippen LogP contribution < -0.4 is 5.32 Å². The summed E-state index contributed by atoms with van der Waals surface area (Å²) in [5.41, 5.74) is 1.93. The highest BCUT2D eigenvalue weighted by molar-refractivity contribution is 9.10. The fraction of sp³-hybridized carbons (Fsp3) is 0.133. The van der Waals surface area contributed by atoms with Crippen LogP contribution in [0.2, 0.25) is 0 Å². The second kappa shape index (κ2) is 6.36. The Morgan fingerprint density at radius 1 is 1.25 bits per heavy atom. The van der Waals surface area contributed by atoms with Gasteiger partial charge in [-0.15, -0.1) is 0 Å². The molecule has 0 saturated heterocycles. The highest BCUT2D eigenvalue weighted by atomic mass is 79.9. The fourth-order valence-corrected chi connectivity index (χ4v) is 2.70. The maximum atomic E-state index is 11.6. The molecule has 0 spiro atoms. The van der Waals surface area contributed by atoms with Gasteiger partial charge in [0.15, 0.2) is 0 Å². The molecule has 0 saturated carbocycles. The van der Waals surface area contributed by atoms with E-state index < -0.39 is 4.92 Å². The van der Waals surface area contributed by atoms with E-state index in [1.54, 1.807) is 6.07 Å². The number of nitrogens with zero attached hydrogens (tertiary/aromatic N) is 5. The number of halogens is 1. The molecule has 0 unspecified atom stereocenters. The average molecular weight is 389 g/mol. The van der Waals surface area contributed by atoms with Gasteiger partial charge in [-0.05, 0) is 48.0 Å². The first-order valence-electron chi connectivity index (χ1n) is 7.02. The zero-order valence-electron chi connectivity index (χ0n) is 12.9. The van der Waals surface area contributed by atoms with Gasteiger partial charge < -0.3 is 5.32 Å². The van der Waals surface area contributed by atoms with E-state index >= 15 is 0 Å². The summed E-state index contributed by atoms with van der Waals surface area (Å²) in [6.07, 6.45) is 1.28. The predicted octanol–water partition coefficient (Wildman–Crippen LogP) is 3.69. The second-order valence-corrected chi connectivity index (χ2v) is 5.95. The van der Waals surface area contributed by atoms with Crippen molar-refractivity contribution < 1.29 is 4.92 Å². The number of nitrogens with one attached hydrogen (secondary N) is 1. The molecule has 0 atom stereocenters. The summed E-state index contributed by atoms with van der Waals surface area (Å²) in [4.78, 5) is 19.2. The molecule has 1 N–H and O–H groups in total. The van der Waals surface area contributed by atoms with Crippen molar-refractivity contribution in [1.82, 2.24) is 19.7 Å². The molecule has 0 bridgehead atoms. The number of hydrogen-bond donors (Lipinski definition) is 1. The molecular weight excluding hydrogens is 376 g/mol. The zero-order chi connectivity index (χ0) is 17.3. The van der Waals surface area contributed by atoms with E-state index in [1.165, 1.54) is 11.0 Å². The second-order valence-electron chi connectivity index (χ2n) is 5.10. The standard InChI is InChI=1S/C15H13BrN6O2/c1-9-7-10(2)21(20-9)15-13(22(23)24)14(17-8-18-15)19-12-6-4-3-5-11(12)16/h3-8H,1-2H3,(H,17,18,19). The van der Waals surface area contributed by atoms with Crippen molar-refractivity contribution in [2.24, 2.45) is 0 Å². The number of nitro groups is 1. The number of hydrogen-bond acceptors (Lipinski definition) is 6. The third-order valence-corrected chi connectivity index (χ3v) is 4.01. The number of aromatic nitrogens is 4. The largest absolute Gasteiger partial charge is 0.355 e. The van der Waals surface area contributed by atoms with Gasteiger partial charge in [0.05, 0.1) is 16.3 Å². The van der Waals surface area contributed by atoms with E-state index in [1.807, 2.05) is 38.1 Å². The summed E-state index contributed by atoms with van der Waals surface area (Å²) < 4.78 is 2.21. The van der Waals surface area contributed by atoms with Crippen LogP contribution in [0.4, 0.5) is 17.2 Å². The molecule has 0 aliphatic carbocycles. The Morgan fingerprint density at radius 3 is 2.62 bits per heavy atom. The summed E-state index contributed by atoms with van der Waals surface area (Å²) in [5, 5.41) is 18.9. The van der Waals surface area contributed by atoms with Crippen molar-refractivity contribution >= 4 is 33.1 Å². The Bertz CT molecular complexity index is 924. The lowest BCUT2D eigenvalue weighted by molar-refractivity contribution is -0.384. The molecule has 3 rings (SSSR count). The summed E-state index contributed by atoms with van der Waals surface area (Å²) >= 11 is 3.40. The minimum absolute atomic E-state index is 0.101. The van der Waals surface area contributed by atoms with Crippen molar-refractivity contribution in [3.8, 4) is 5.82 Å². The molecule has 0 fully saturated rings. The predicted molar refractivity (Wildman–Crippen MR) is 92.7 cm³/mol. The van der Waals surface area contributed by atoms with E-state index in [0.717, 1.165) is 15.9 Å². The molecule has 0 amide bonds. The summed E-state index contributed by atoms with van der Waals surface area (Å²) in [7, 11) is 0. The van der Waals surface area contributed by atoms with Crippen molar-refractivity contribution in [3.05, 3.63) is 62.6 Å². The van der Waals surface area contributed by atoms with Crippen LogP contribution in [0.5, 0.6) is 0 Å². The highest BCUT2D eigenvalue weighted by Gasteiger charge is 2.26. The van der Waals surface area contributed by atoms with Crippen LogP contribution >= 0.6 is 15.9 Å². The number of para-hydroxylation sites is 1. The minimum Gasteiger partial charge on any atom is -0.333 e. The van der Waals surface area contributed by atoms with E-state index in [2.05, 4.69) is 36.3 Å². The Kier molecular flexibility index (Phi) is 4.26. The number of benzene rings is 1. The van der Waals surface area contributed by atoms with Crippen LogP contribution in [-0.4, -0.2) is 24.7 Å². The first-order valence-corrected chi connectivity index (χ1v) is 7.81. The van der Waals surface area contributed by atoms with E-state index in [9.17, 15) is 10.1 Å². The van der Waals surface area contributed by atoms with Crippen LogP contribution in [0.15, 0.2) is 41.1 Å². The molecule has 2 aromatic heterocycles. The molecule has 122 valence electrons. The molecule has 2 heterocycles. The van der Waals surface area contributed by atoms with Gasteiger partial charge in [-0.1, -0.05) is 12.1 Å². The van der Waals surface area contributed by atoms with Crippen LogP contribution in [0.25, 0.3) is 5.82 Å². The van der Waals surface area contributed by atoms with Gasteiger partial charge in [0.2, 0.25) is 11.6 Å². The topological polar surface area (TPSA) is 98.8 Å². The van der Waals surface area contributed by atoms with Crippen molar-refractivity contribution in [1.29, 1.82) is 0 Å². The number of aryl methyl sites for hydroxylation is 2. The highest BCUT2D eigenvalue weighted by Crippen LogP contribution is 2.32. The lowest BCUT2D eigenvalue weighted by Crippen LogP contribution is -2.10. The smallest absolute Gasteiger partial charge is 0.333 e. The molecular formula is C15H13BrN6O2. The SMILES string of the molecule is Cc1cc(C)n(-c2ncnc(Nc3ccccc3Br)c2[N+](=O)[O-])n1. The van der Waals surface area contributed by atoms with Crippen molar-refractivity contribution in [3.63, 3.8) is 0 Å². The van der Waals surface area contributed by atoms with Crippen LogP contribution in [-0.2, 0) is 0 Å². The normalized spacial score (nSPS) is 10.6. The van der Waals surface area contributed by atoms with E-state index in [4.69, 9.17) is 0 Å². The van der Waals surface area contributed by atoms with Gasteiger partial charge in [0.1, 0.15) is 6.33 Å². The molecule has 9 heteroatoms.